The normalized spacial score (nSPS) is 21.4. The van der Waals surface area contributed by atoms with E-state index in [1.54, 1.807) is 6.20 Å². The van der Waals surface area contributed by atoms with Crippen molar-refractivity contribution in [1.82, 2.24) is 20.6 Å². The number of hydrogen-bond donors (Lipinski definition) is 3. The van der Waals surface area contributed by atoms with Crippen molar-refractivity contribution < 1.29 is 9.59 Å². The molecule has 3 N–H and O–H groups in total. The summed E-state index contributed by atoms with van der Waals surface area (Å²) in [5.74, 6) is -0.292. The lowest BCUT2D eigenvalue weighted by Crippen LogP contribution is -2.31. The maximum absolute atomic E-state index is 11.1. The van der Waals surface area contributed by atoms with Crippen LogP contribution >= 0.6 is 0 Å². The fraction of sp³-hybridized carbons (Fsp3) is 0.286. The number of carbonyl (C=O) groups is 2. The van der Waals surface area contributed by atoms with Gasteiger partial charge in [-0.15, -0.1) is 0 Å². The summed E-state index contributed by atoms with van der Waals surface area (Å²) in [5.41, 5.74) is 0.822. The predicted octanol–water partition coefficient (Wildman–Crippen LogP) is -0.840. The third kappa shape index (κ3) is 1.51. The zero-order valence-corrected chi connectivity index (χ0v) is 6.70. The lowest BCUT2D eigenvalue weighted by atomic mass is 10.2. The van der Waals surface area contributed by atoms with Crippen LogP contribution in [0.1, 0.15) is 5.69 Å². The summed E-state index contributed by atoms with van der Waals surface area (Å²) < 4.78 is 0. The first kappa shape index (κ1) is 7.78. The Morgan fingerprint density at radius 1 is 1.46 bits per heavy atom. The molecule has 0 unspecified atom stereocenters. The number of rotatable bonds is 2. The van der Waals surface area contributed by atoms with E-state index in [0.717, 1.165) is 5.69 Å². The summed E-state index contributed by atoms with van der Waals surface area (Å²) >= 11 is 0. The number of nitrogens with one attached hydrogen (secondary N) is 3. The first-order valence-electron chi connectivity index (χ1n) is 3.84. The van der Waals surface area contributed by atoms with Crippen LogP contribution < -0.4 is 10.6 Å². The molecule has 6 heteroatoms. The van der Waals surface area contributed by atoms with Crippen LogP contribution in [0.2, 0.25) is 0 Å². The highest BCUT2D eigenvalue weighted by Crippen LogP contribution is 2.01. The number of imide groups is 1. The highest BCUT2D eigenvalue weighted by molar-refractivity contribution is 6.04. The first-order chi connectivity index (χ1) is 6.25. The SMILES string of the molecule is O=C1NC(=O)[C@@H](Cc2cnc[nH]2)N1. The van der Waals surface area contributed by atoms with Crippen LogP contribution in [0.5, 0.6) is 0 Å². The molecule has 0 bridgehead atoms. The van der Waals surface area contributed by atoms with Gasteiger partial charge in [-0.2, -0.15) is 0 Å². The molecule has 1 fully saturated rings. The molecule has 1 aliphatic heterocycles. The number of amides is 3. The molecule has 0 spiro atoms. The Morgan fingerprint density at radius 2 is 2.31 bits per heavy atom. The molecule has 0 aliphatic carbocycles. The number of carbonyl (C=O) groups excluding carboxylic acids is 2. The van der Waals surface area contributed by atoms with E-state index >= 15 is 0 Å². The molecule has 3 amide bonds. The number of aromatic amines is 1. The number of aromatic nitrogens is 2. The lowest BCUT2D eigenvalue weighted by molar-refractivity contribution is -0.120. The Balaban J connectivity index is 2.03. The van der Waals surface area contributed by atoms with Gasteiger partial charge < -0.3 is 10.3 Å². The second-order valence-electron chi connectivity index (χ2n) is 2.80. The predicted molar refractivity (Wildman–Crippen MR) is 42.8 cm³/mol. The van der Waals surface area contributed by atoms with E-state index in [1.807, 2.05) is 0 Å². The minimum absolute atomic E-state index is 0.292. The zero-order chi connectivity index (χ0) is 9.26. The van der Waals surface area contributed by atoms with Crippen LogP contribution in [0.15, 0.2) is 12.5 Å². The Morgan fingerprint density at radius 3 is 2.85 bits per heavy atom. The topological polar surface area (TPSA) is 86.9 Å². The summed E-state index contributed by atoms with van der Waals surface area (Å²) in [6, 6.07) is -0.914. The highest BCUT2D eigenvalue weighted by Gasteiger charge is 2.29. The van der Waals surface area contributed by atoms with E-state index in [0.29, 0.717) is 6.42 Å². The average Bonchev–Trinajstić information content (AvgIpc) is 2.63. The van der Waals surface area contributed by atoms with Crippen molar-refractivity contribution in [2.24, 2.45) is 0 Å². The number of urea groups is 1. The van der Waals surface area contributed by atoms with Crippen molar-refractivity contribution in [1.29, 1.82) is 0 Å². The van der Waals surface area contributed by atoms with E-state index in [2.05, 4.69) is 20.6 Å². The van der Waals surface area contributed by atoms with Crippen LogP contribution in [0.25, 0.3) is 0 Å². The molecular formula is C7H8N4O2. The summed E-state index contributed by atoms with van der Waals surface area (Å²) in [6.45, 7) is 0. The molecule has 2 heterocycles. The Kier molecular flexibility index (Phi) is 1.73. The van der Waals surface area contributed by atoms with E-state index < -0.39 is 12.1 Å². The maximum atomic E-state index is 11.1. The second-order valence-corrected chi connectivity index (χ2v) is 2.80. The number of hydrogen-bond acceptors (Lipinski definition) is 3. The molecule has 1 aromatic rings. The van der Waals surface area contributed by atoms with E-state index in [-0.39, 0.29) is 5.91 Å². The van der Waals surface area contributed by atoms with Crippen LogP contribution in [-0.2, 0) is 11.2 Å². The van der Waals surface area contributed by atoms with Crippen molar-refractivity contribution in [3.05, 3.63) is 18.2 Å². The summed E-state index contributed by atoms with van der Waals surface area (Å²) in [6.07, 6.45) is 3.60. The van der Waals surface area contributed by atoms with Gasteiger partial charge in [0.1, 0.15) is 6.04 Å². The summed E-state index contributed by atoms with van der Waals surface area (Å²) in [4.78, 5) is 28.5. The molecule has 13 heavy (non-hydrogen) atoms. The Labute approximate surface area is 73.7 Å². The van der Waals surface area contributed by atoms with Gasteiger partial charge in [-0.1, -0.05) is 0 Å². The monoisotopic (exact) mass is 180 g/mol. The fourth-order valence-electron chi connectivity index (χ4n) is 1.22. The number of imidazole rings is 1. The maximum Gasteiger partial charge on any atom is 0.322 e. The van der Waals surface area contributed by atoms with Gasteiger partial charge in [0.2, 0.25) is 0 Å². The van der Waals surface area contributed by atoms with E-state index in [1.165, 1.54) is 6.33 Å². The van der Waals surface area contributed by atoms with Crippen molar-refractivity contribution >= 4 is 11.9 Å². The van der Waals surface area contributed by atoms with Crippen molar-refractivity contribution in [2.75, 3.05) is 0 Å². The summed E-state index contributed by atoms with van der Waals surface area (Å²) in [5, 5.41) is 4.65. The van der Waals surface area contributed by atoms with Crippen LogP contribution in [0.4, 0.5) is 4.79 Å². The van der Waals surface area contributed by atoms with Crippen molar-refractivity contribution in [3.8, 4) is 0 Å². The molecule has 6 nitrogen and oxygen atoms in total. The zero-order valence-electron chi connectivity index (χ0n) is 6.70. The summed E-state index contributed by atoms with van der Waals surface area (Å²) in [7, 11) is 0. The third-order valence-electron chi connectivity index (χ3n) is 1.84. The first-order valence-corrected chi connectivity index (χ1v) is 3.84. The Bertz CT molecular complexity index is 332. The van der Waals surface area contributed by atoms with Gasteiger partial charge in [-0.3, -0.25) is 10.1 Å². The standard InChI is InChI=1S/C7H8N4O2/c12-6-5(10-7(13)11-6)1-4-2-8-3-9-4/h2-3,5H,1H2,(H,8,9)(H2,10,11,12,13)/t5-/m1/s1. The van der Waals surface area contributed by atoms with Crippen LogP contribution in [-0.4, -0.2) is 27.9 Å². The van der Waals surface area contributed by atoms with Crippen molar-refractivity contribution in [3.63, 3.8) is 0 Å². The molecule has 0 radical (unpaired) electrons. The lowest BCUT2D eigenvalue weighted by Gasteiger charge is -2.03. The minimum Gasteiger partial charge on any atom is -0.348 e. The largest absolute Gasteiger partial charge is 0.348 e. The van der Waals surface area contributed by atoms with Gasteiger partial charge in [0, 0.05) is 18.3 Å². The third-order valence-corrected chi connectivity index (χ3v) is 1.84. The number of H-pyrrole nitrogens is 1. The van der Waals surface area contributed by atoms with Gasteiger partial charge in [0.25, 0.3) is 5.91 Å². The Hall–Kier alpha value is -1.85. The molecule has 68 valence electrons. The molecule has 1 saturated heterocycles. The van der Waals surface area contributed by atoms with E-state index in [9.17, 15) is 9.59 Å². The smallest absolute Gasteiger partial charge is 0.322 e. The molecule has 0 saturated carbocycles. The number of nitrogens with zero attached hydrogens (tertiary/aromatic N) is 1. The molecule has 1 atom stereocenters. The average molecular weight is 180 g/mol. The molecule has 0 aromatic carbocycles. The van der Waals surface area contributed by atoms with Gasteiger partial charge in [0.15, 0.2) is 0 Å². The second kappa shape index (κ2) is 2.89. The van der Waals surface area contributed by atoms with Gasteiger partial charge >= 0.3 is 6.03 Å². The van der Waals surface area contributed by atoms with Gasteiger partial charge in [-0.25, -0.2) is 9.78 Å². The van der Waals surface area contributed by atoms with Gasteiger partial charge in [-0.05, 0) is 0 Å². The highest BCUT2D eigenvalue weighted by atomic mass is 16.2. The van der Waals surface area contributed by atoms with E-state index in [4.69, 9.17) is 0 Å². The minimum atomic E-state index is -0.479. The quantitative estimate of drug-likeness (QED) is 0.518. The molecule has 2 rings (SSSR count). The molecular weight excluding hydrogens is 172 g/mol. The fourth-order valence-corrected chi connectivity index (χ4v) is 1.22. The van der Waals surface area contributed by atoms with Crippen LogP contribution in [0.3, 0.4) is 0 Å². The molecule has 1 aromatic heterocycles. The van der Waals surface area contributed by atoms with Gasteiger partial charge in [0.05, 0.1) is 6.33 Å². The molecule has 1 aliphatic rings. The van der Waals surface area contributed by atoms with Crippen LogP contribution in [0, 0.1) is 0 Å². The van der Waals surface area contributed by atoms with Crippen molar-refractivity contribution in [2.45, 2.75) is 12.5 Å².